The van der Waals surface area contributed by atoms with Gasteiger partial charge in [-0.3, -0.25) is 0 Å². The monoisotopic (exact) mass is 244 g/mol. The molecule has 0 saturated heterocycles. The molecule has 0 fully saturated rings. The summed E-state index contributed by atoms with van der Waals surface area (Å²) in [6, 6.07) is 7.73. The highest BCUT2D eigenvalue weighted by molar-refractivity contribution is 5.65. The first-order chi connectivity index (χ1) is 8.58. The van der Waals surface area contributed by atoms with Crippen LogP contribution in [0.1, 0.15) is 11.3 Å². The fraction of sp³-hybridized carbons (Fsp3) is 0.231. The van der Waals surface area contributed by atoms with Crippen LogP contribution in [-0.4, -0.2) is 17.1 Å². The van der Waals surface area contributed by atoms with Crippen molar-refractivity contribution in [1.29, 1.82) is 0 Å². The number of nitrogens with zero attached hydrogens (tertiary/aromatic N) is 2. The maximum absolute atomic E-state index is 5.62. The summed E-state index contributed by atoms with van der Waals surface area (Å²) in [5.41, 5.74) is 8.43. The third-order valence-corrected chi connectivity index (χ3v) is 2.49. The fourth-order valence-corrected chi connectivity index (χ4v) is 1.71. The minimum absolute atomic E-state index is 0.254. The van der Waals surface area contributed by atoms with Crippen LogP contribution >= 0.6 is 0 Å². The minimum Gasteiger partial charge on any atom is -0.495 e. The number of nitrogen functional groups attached to an aromatic ring is 1. The van der Waals surface area contributed by atoms with E-state index in [-0.39, 0.29) is 5.95 Å². The molecular formula is C13H16N4O. The van der Waals surface area contributed by atoms with Crippen LogP contribution < -0.4 is 15.8 Å². The Kier molecular flexibility index (Phi) is 3.32. The Bertz CT molecular complexity index is 549. The Balaban J connectivity index is 2.35. The molecule has 0 radical (unpaired) electrons. The van der Waals surface area contributed by atoms with Gasteiger partial charge in [0, 0.05) is 11.8 Å². The number of methoxy groups -OCH3 is 1. The molecule has 0 aliphatic carbocycles. The van der Waals surface area contributed by atoms with Gasteiger partial charge in [0.1, 0.15) is 11.6 Å². The molecule has 5 heteroatoms. The number of nitrogens with one attached hydrogen (secondary N) is 1. The predicted octanol–water partition coefficient (Wildman–Crippen LogP) is 2.43. The minimum atomic E-state index is 0.254. The molecule has 5 nitrogen and oxygen atoms in total. The fourth-order valence-electron chi connectivity index (χ4n) is 1.71. The van der Waals surface area contributed by atoms with E-state index in [9.17, 15) is 0 Å². The number of aromatic nitrogens is 2. The van der Waals surface area contributed by atoms with Crippen molar-refractivity contribution in [2.45, 2.75) is 13.8 Å². The third kappa shape index (κ3) is 2.68. The summed E-state index contributed by atoms with van der Waals surface area (Å²) < 4.78 is 5.30. The molecule has 3 N–H and O–H groups in total. The van der Waals surface area contributed by atoms with Crippen LogP contribution in [0.25, 0.3) is 0 Å². The van der Waals surface area contributed by atoms with Crippen LogP contribution in [-0.2, 0) is 0 Å². The van der Waals surface area contributed by atoms with Crippen molar-refractivity contribution in [3.63, 3.8) is 0 Å². The number of benzene rings is 1. The molecule has 0 atom stereocenters. The summed E-state index contributed by atoms with van der Waals surface area (Å²) >= 11 is 0. The number of hydrogen-bond donors (Lipinski definition) is 2. The number of hydrogen-bond acceptors (Lipinski definition) is 5. The van der Waals surface area contributed by atoms with Gasteiger partial charge < -0.3 is 15.8 Å². The average Bonchev–Trinajstić information content (AvgIpc) is 2.27. The average molecular weight is 244 g/mol. The van der Waals surface area contributed by atoms with E-state index >= 15 is 0 Å². The van der Waals surface area contributed by atoms with Crippen molar-refractivity contribution < 1.29 is 4.74 Å². The molecule has 0 aliphatic heterocycles. The second-order valence-corrected chi connectivity index (χ2v) is 4.08. The molecule has 0 spiro atoms. The quantitative estimate of drug-likeness (QED) is 0.867. The maximum Gasteiger partial charge on any atom is 0.222 e. The van der Waals surface area contributed by atoms with Crippen molar-refractivity contribution in [2.75, 3.05) is 18.2 Å². The normalized spacial score (nSPS) is 10.2. The van der Waals surface area contributed by atoms with E-state index in [0.717, 1.165) is 22.7 Å². The number of ether oxygens (including phenoxy) is 1. The Morgan fingerprint density at radius 3 is 2.61 bits per heavy atom. The van der Waals surface area contributed by atoms with Crippen molar-refractivity contribution in [3.8, 4) is 5.75 Å². The van der Waals surface area contributed by atoms with Crippen LogP contribution in [0, 0.1) is 13.8 Å². The molecule has 2 rings (SSSR count). The molecule has 2 aromatic rings. The number of anilines is 3. The number of nitrogens with two attached hydrogens (primary N) is 1. The third-order valence-electron chi connectivity index (χ3n) is 2.49. The van der Waals surface area contributed by atoms with Gasteiger partial charge in [-0.05, 0) is 31.5 Å². The lowest BCUT2D eigenvalue weighted by atomic mass is 10.2. The summed E-state index contributed by atoms with van der Waals surface area (Å²) in [5, 5.41) is 3.19. The molecule has 0 unspecified atom stereocenters. The Morgan fingerprint density at radius 2 is 1.94 bits per heavy atom. The van der Waals surface area contributed by atoms with Crippen LogP contribution in [0.4, 0.5) is 17.5 Å². The SMILES string of the molecule is COc1ccc(C)cc1Nc1cc(C)nc(N)n1. The first-order valence-electron chi connectivity index (χ1n) is 5.61. The van der Waals surface area contributed by atoms with Gasteiger partial charge in [-0.1, -0.05) is 6.07 Å². The highest BCUT2D eigenvalue weighted by Gasteiger charge is 2.05. The van der Waals surface area contributed by atoms with Gasteiger partial charge in [0.15, 0.2) is 0 Å². The Hall–Kier alpha value is -2.30. The lowest BCUT2D eigenvalue weighted by molar-refractivity contribution is 0.416. The molecule has 1 aromatic heterocycles. The predicted molar refractivity (Wildman–Crippen MR) is 72.2 cm³/mol. The Morgan fingerprint density at radius 1 is 1.17 bits per heavy atom. The smallest absolute Gasteiger partial charge is 0.222 e. The maximum atomic E-state index is 5.62. The van der Waals surface area contributed by atoms with Crippen LogP contribution in [0.5, 0.6) is 5.75 Å². The van der Waals surface area contributed by atoms with E-state index in [1.807, 2.05) is 38.1 Å². The van der Waals surface area contributed by atoms with Gasteiger partial charge in [-0.25, -0.2) is 4.98 Å². The van der Waals surface area contributed by atoms with Crippen molar-refractivity contribution in [2.24, 2.45) is 0 Å². The second kappa shape index (κ2) is 4.91. The summed E-state index contributed by atoms with van der Waals surface area (Å²) in [4.78, 5) is 8.17. The first kappa shape index (κ1) is 12.2. The van der Waals surface area contributed by atoms with Crippen LogP contribution in [0.2, 0.25) is 0 Å². The number of rotatable bonds is 3. The molecular weight excluding hydrogens is 228 g/mol. The van der Waals surface area contributed by atoms with Crippen molar-refractivity contribution in [1.82, 2.24) is 9.97 Å². The van der Waals surface area contributed by atoms with Gasteiger partial charge in [-0.2, -0.15) is 4.98 Å². The van der Waals surface area contributed by atoms with Gasteiger partial charge >= 0.3 is 0 Å². The highest BCUT2D eigenvalue weighted by Crippen LogP contribution is 2.28. The van der Waals surface area contributed by atoms with Crippen molar-refractivity contribution >= 4 is 17.5 Å². The van der Waals surface area contributed by atoms with Gasteiger partial charge in [-0.15, -0.1) is 0 Å². The highest BCUT2D eigenvalue weighted by atomic mass is 16.5. The molecule has 1 heterocycles. The Labute approximate surface area is 106 Å². The van der Waals surface area contributed by atoms with Gasteiger partial charge in [0.2, 0.25) is 5.95 Å². The molecule has 1 aromatic carbocycles. The lowest BCUT2D eigenvalue weighted by Gasteiger charge is -2.11. The van der Waals surface area contributed by atoms with Crippen LogP contribution in [0.3, 0.4) is 0 Å². The summed E-state index contributed by atoms with van der Waals surface area (Å²) in [5.74, 6) is 1.67. The van der Waals surface area contributed by atoms with Crippen LogP contribution in [0.15, 0.2) is 24.3 Å². The summed E-state index contributed by atoms with van der Waals surface area (Å²) in [6.45, 7) is 3.89. The van der Waals surface area contributed by atoms with E-state index in [0.29, 0.717) is 5.82 Å². The van der Waals surface area contributed by atoms with Gasteiger partial charge in [0.05, 0.1) is 12.8 Å². The molecule has 18 heavy (non-hydrogen) atoms. The molecule has 0 aliphatic rings. The first-order valence-corrected chi connectivity index (χ1v) is 5.61. The zero-order valence-corrected chi connectivity index (χ0v) is 10.7. The van der Waals surface area contributed by atoms with E-state index in [1.54, 1.807) is 7.11 Å². The summed E-state index contributed by atoms with van der Waals surface area (Å²) in [6.07, 6.45) is 0. The summed E-state index contributed by atoms with van der Waals surface area (Å²) in [7, 11) is 1.63. The zero-order valence-electron chi connectivity index (χ0n) is 10.7. The van der Waals surface area contributed by atoms with Crippen molar-refractivity contribution in [3.05, 3.63) is 35.5 Å². The second-order valence-electron chi connectivity index (χ2n) is 4.08. The topological polar surface area (TPSA) is 73.1 Å². The standard InChI is InChI=1S/C13H16N4O/c1-8-4-5-11(18-3)10(6-8)16-12-7-9(2)15-13(14)17-12/h4-7H,1-3H3,(H3,14,15,16,17). The van der Waals surface area contributed by atoms with E-state index in [2.05, 4.69) is 15.3 Å². The molecule has 0 bridgehead atoms. The van der Waals surface area contributed by atoms with E-state index < -0.39 is 0 Å². The lowest BCUT2D eigenvalue weighted by Crippen LogP contribution is -2.02. The molecule has 0 saturated carbocycles. The molecule has 0 amide bonds. The molecule has 94 valence electrons. The van der Waals surface area contributed by atoms with E-state index in [1.165, 1.54) is 0 Å². The van der Waals surface area contributed by atoms with E-state index in [4.69, 9.17) is 10.5 Å². The number of aryl methyl sites for hydroxylation is 2. The zero-order chi connectivity index (χ0) is 13.1. The largest absolute Gasteiger partial charge is 0.495 e. The van der Waals surface area contributed by atoms with Gasteiger partial charge in [0.25, 0.3) is 0 Å².